The Balaban J connectivity index is 1.51. The van der Waals surface area contributed by atoms with Gasteiger partial charge in [0.25, 0.3) is 0 Å². The van der Waals surface area contributed by atoms with E-state index in [9.17, 15) is 14.4 Å². The van der Waals surface area contributed by atoms with Crippen LogP contribution < -0.4 is 10.6 Å². The van der Waals surface area contributed by atoms with E-state index in [-0.39, 0.29) is 23.8 Å². The van der Waals surface area contributed by atoms with Crippen LogP contribution in [0.4, 0.5) is 10.5 Å². The number of benzene rings is 1. The largest absolute Gasteiger partial charge is 0.462 e. The third-order valence-electron chi connectivity index (χ3n) is 5.82. The Morgan fingerprint density at radius 1 is 1.16 bits per heavy atom. The Bertz CT molecular complexity index is 916. The van der Waals surface area contributed by atoms with E-state index in [1.165, 1.54) is 0 Å². The summed E-state index contributed by atoms with van der Waals surface area (Å²) in [7, 11) is 0. The molecule has 2 heterocycles. The van der Waals surface area contributed by atoms with Crippen LogP contribution in [-0.4, -0.2) is 42.5 Å². The van der Waals surface area contributed by atoms with Gasteiger partial charge < -0.3 is 20.3 Å². The van der Waals surface area contributed by atoms with E-state index < -0.39 is 5.97 Å². The molecule has 8 heteroatoms. The van der Waals surface area contributed by atoms with E-state index >= 15 is 0 Å². The summed E-state index contributed by atoms with van der Waals surface area (Å²) in [6, 6.07) is 10.6. The van der Waals surface area contributed by atoms with Gasteiger partial charge >= 0.3 is 12.0 Å². The van der Waals surface area contributed by atoms with Crippen molar-refractivity contribution in [2.24, 2.45) is 11.8 Å². The quantitative estimate of drug-likeness (QED) is 0.571. The third kappa shape index (κ3) is 6.56. The predicted molar refractivity (Wildman–Crippen MR) is 126 cm³/mol. The summed E-state index contributed by atoms with van der Waals surface area (Å²) in [5, 5.41) is 7.90. The molecule has 1 fully saturated rings. The van der Waals surface area contributed by atoms with Gasteiger partial charge in [-0.05, 0) is 54.8 Å². The first-order chi connectivity index (χ1) is 15.5. The van der Waals surface area contributed by atoms with Gasteiger partial charge in [-0.2, -0.15) is 0 Å². The number of nitrogens with zero attached hydrogens (tertiary/aromatic N) is 1. The smallest absolute Gasteiger partial charge is 0.338 e. The highest BCUT2D eigenvalue weighted by Crippen LogP contribution is 2.29. The molecule has 0 radical (unpaired) electrons. The maximum absolute atomic E-state index is 12.8. The number of hydrogen-bond donors (Lipinski definition) is 2. The van der Waals surface area contributed by atoms with Crippen LogP contribution in [0.5, 0.6) is 0 Å². The predicted octanol–water partition coefficient (Wildman–Crippen LogP) is 4.51. The van der Waals surface area contributed by atoms with Crippen LogP contribution >= 0.6 is 11.3 Å². The molecule has 1 saturated heterocycles. The number of carbonyl (C=O) groups is 3. The Morgan fingerprint density at radius 2 is 2.00 bits per heavy atom. The topological polar surface area (TPSA) is 87.7 Å². The third-order valence-corrected chi connectivity index (χ3v) is 6.69. The summed E-state index contributed by atoms with van der Waals surface area (Å²) >= 11 is 1.63. The molecule has 2 atom stereocenters. The number of rotatable bonds is 8. The van der Waals surface area contributed by atoms with E-state index in [1.807, 2.05) is 17.5 Å². The van der Waals surface area contributed by atoms with Crippen molar-refractivity contribution in [2.75, 3.05) is 25.0 Å². The summed E-state index contributed by atoms with van der Waals surface area (Å²) in [5.41, 5.74) is 0.965. The van der Waals surface area contributed by atoms with Crippen molar-refractivity contribution < 1.29 is 19.1 Å². The second kappa shape index (κ2) is 11.7. The van der Waals surface area contributed by atoms with Gasteiger partial charge in [-0.1, -0.05) is 25.5 Å². The fourth-order valence-electron chi connectivity index (χ4n) is 4.05. The molecule has 172 valence electrons. The lowest BCUT2D eigenvalue weighted by Crippen LogP contribution is -2.46. The number of hydrogen-bond acceptors (Lipinski definition) is 5. The van der Waals surface area contributed by atoms with Crippen molar-refractivity contribution in [3.63, 3.8) is 0 Å². The van der Waals surface area contributed by atoms with Crippen molar-refractivity contribution in [3.8, 4) is 0 Å². The van der Waals surface area contributed by atoms with Gasteiger partial charge in [0.2, 0.25) is 5.91 Å². The molecular weight excluding hydrogens is 426 g/mol. The maximum Gasteiger partial charge on any atom is 0.338 e. The Hall–Kier alpha value is -2.87. The second-order valence-corrected chi connectivity index (χ2v) is 8.99. The molecule has 2 N–H and O–H groups in total. The number of amides is 3. The molecule has 1 aliphatic heterocycles. The summed E-state index contributed by atoms with van der Waals surface area (Å²) in [6.45, 7) is 5.94. The normalized spacial score (nSPS) is 18.1. The number of anilines is 1. The first kappa shape index (κ1) is 23.8. The van der Waals surface area contributed by atoms with Crippen LogP contribution in [-0.2, 0) is 16.1 Å². The average Bonchev–Trinajstić information content (AvgIpc) is 3.32. The molecule has 32 heavy (non-hydrogen) atoms. The molecule has 1 aromatic carbocycles. The Morgan fingerprint density at radius 3 is 2.72 bits per heavy atom. The van der Waals surface area contributed by atoms with Crippen LogP contribution in [0, 0.1) is 11.8 Å². The molecule has 0 saturated carbocycles. The summed E-state index contributed by atoms with van der Waals surface area (Å²) in [5.74, 6) is 0.190. The number of urea groups is 1. The van der Waals surface area contributed by atoms with E-state index in [1.54, 1.807) is 47.4 Å². The lowest BCUT2D eigenvalue weighted by atomic mass is 9.81. The average molecular weight is 458 g/mol. The van der Waals surface area contributed by atoms with Crippen molar-refractivity contribution in [2.45, 2.75) is 39.7 Å². The Kier molecular flexibility index (Phi) is 8.67. The van der Waals surface area contributed by atoms with E-state index in [4.69, 9.17) is 4.74 Å². The highest BCUT2D eigenvalue weighted by atomic mass is 32.1. The minimum atomic E-state index is -0.409. The molecule has 2 aromatic rings. The van der Waals surface area contributed by atoms with Crippen molar-refractivity contribution in [3.05, 3.63) is 52.2 Å². The number of piperidine rings is 1. The number of esters is 1. The molecule has 1 aliphatic rings. The number of carbonyl (C=O) groups excluding carboxylic acids is 3. The molecule has 0 bridgehead atoms. The molecule has 1 aromatic heterocycles. The van der Waals surface area contributed by atoms with Crippen LogP contribution in [0.3, 0.4) is 0 Å². The zero-order chi connectivity index (χ0) is 22.9. The summed E-state index contributed by atoms with van der Waals surface area (Å²) in [6.07, 6.45) is 2.19. The summed E-state index contributed by atoms with van der Waals surface area (Å²) in [4.78, 5) is 40.1. The monoisotopic (exact) mass is 457 g/mol. The standard InChI is InChI=1S/C24H31N3O4S/c1-3-17-16-27(11-10-18(17)14-22(28)25-15-21-9-6-12-32-21)24(30)26-20-8-5-7-19(13-20)23(29)31-4-2/h5-9,12-13,17-18H,3-4,10-11,14-16H2,1-2H3,(H,25,28)(H,26,30)/t17-,18-/m0/s1. The van der Waals surface area contributed by atoms with Gasteiger partial charge in [-0.3, -0.25) is 4.79 Å². The van der Waals surface area contributed by atoms with Gasteiger partial charge in [0.1, 0.15) is 0 Å². The van der Waals surface area contributed by atoms with Gasteiger partial charge in [-0.15, -0.1) is 11.3 Å². The van der Waals surface area contributed by atoms with Gasteiger partial charge in [0, 0.05) is 30.1 Å². The fourth-order valence-corrected chi connectivity index (χ4v) is 4.69. The highest BCUT2D eigenvalue weighted by Gasteiger charge is 2.31. The van der Waals surface area contributed by atoms with E-state index in [0.717, 1.165) is 17.7 Å². The zero-order valence-electron chi connectivity index (χ0n) is 18.6. The summed E-state index contributed by atoms with van der Waals surface area (Å²) < 4.78 is 5.02. The van der Waals surface area contributed by atoms with Gasteiger partial charge in [0.05, 0.1) is 18.7 Å². The molecule has 3 rings (SSSR count). The molecule has 3 amide bonds. The minimum Gasteiger partial charge on any atom is -0.462 e. The van der Waals surface area contributed by atoms with Gasteiger partial charge in [0.15, 0.2) is 0 Å². The van der Waals surface area contributed by atoms with E-state index in [0.29, 0.717) is 43.9 Å². The maximum atomic E-state index is 12.8. The van der Waals surface area contributed by atoms with Crippen molar-refractivity contribution in [1.29, 1.82) is 0 Å². The fraction of sp³-hybridized carbons (Fsp3) is 0.458. The van der Waals surface area contributed by atoms with Crippen LogP contribution in [0.25, 0.3) is 0 Å². The molecule has 0 unspecified atom stereocenters. The Labute approximate surface area is 193 Å². The second-order valence-electron chi connectivity index (χ2n) is 7.95. The van der Waals surface area contributed by atoms with Crippen LogP contribution in [0.1, 0.15) is 48.3 Å². The minimum absolute atomic E-state index is 0.0653. The zero-order valence-corrected chi connectivity index (χ0v) is 19.5. The highest BCUT2D eigenvalue weighted by molar-refractivity contribution is 7.09. The first-order valence-corrected chi connectivity index (χ1v) is 12.0. The van der Waals surface area contributed by atoms with Crippen LogP contribution in [0.15, 0.2) is 41.8 Å². The molecular formula is C24H31N3O4S. The van der Waals surface area contributed by atoms with Gasteiger partial charge in [-0.25, -0.2) is 9.59 Å². The molecule has 0 spiro atoms. The molecule has 0 aliphatic carbocycles. The molecule has 7 nitrogen and oxygen atoms in total. The van der Waals surface area contributed by atoms with Crippen LogP contribution in [0.2, 0.25) is 0 Å². The first-order valence-electron chi connectivity index (χ1n) is 11.1. The SMILES string of the molecule is CCOC(=O)c1cccc(NC(=O)N2CC[C@@H](CC(=O)NCc3cccs3)[C@@H](CC)C2)c1. The number of likely N-dealkylation sites (tertiary alicyclic amines) is 1. The van der Waals surface area contributed by atoms with E-state index in [2.05, 4.69) is 17.6 Å². The number of nitrogens with one attached hydrogen (secondary N) is 2. The lowest BCUT2D eigenvalue weighted by molar-refractivity contribution is -0.123. The van der Waals surface area contributed by atoms with Crippen molar-refractivity contribution >= 4 is 34.9 Å². The number of thiophene rings is 1. The lowest BCUT2D eigenvalue weighted by Gasteiger charge is -2.38. The number of ether oxygens (including phenoxy) is 1. The van der Waals surface area contributed by atoms with Crippen molar-refractivity contribution in [1.82, 2.24) is 10.2 Å².